The van der Waals surface area contributed by atoms with Crippen molar-refractivity contribution in [1.82, 2.24) is 4.31 Å². The van der Waals surface area contributed by atoms with E-state index in [4.69, 9.17) is 0 Å². The van der Waals surface area contributed by atoms with Crippen LogP contribution in [0.4, 0.5) is 0 Å². The Morgan fingerprint density at radius 2 is 1.76 bits per heavy atom. The summed E-state index contributed by atoms with van der Waals surface area (Å²) in [6.45, 7) is 7.01. The molecule has 3 rings (SSSR count). The third-order valence-electron chi connectivity index (χ3n) is 4.90. The van der Waals surface area contributed by atoms with Gasteiger partial charge in [0, 0.05) is 11.4 Å². The molecule has 0 aliphatic carbocycles. The average Bonchev–Trinajstić information content (AvgIpc) is 2.98. The quantitative estimate of drug-likeness (QED) is 0.723. The summed E-state index contributed by atoms with van der Waals surface area (Å²) in [7, 11) is -3.48. The van der Waals surface area contributed by atoms with Crippen LogP contribution in [0.2, 0.25) is 0 Å². The summed E-state index contributed by atoms with van der Waals surface area (Å²) in [5.41, 5.74) is 1.17. The van der Waals surface area contributed by atoms with E-state index < -0.39 is 10.0 Å². The third-order valence-corrected chi connectivity index (χ3v) is 7.80. The molecule has 3 nitrogen and oxygen atoms in total. The lowest BCUT2D eigenvalue weighted by Gasteiger charge is -2.29. The van der Waals surface area contributed by atoms with Crippen molar-refractivity contribution in [1.29, 1.82) is 0 Å². The second-order valence-corrected chi connectivity index (χ2v) is 10.6. The van der Waals surface area contributed by atoms with Crippen LogP contribution in [0.5, 0.6) is 0 Å². The maximum atomic E-state index is 13.3. The van der Waals surface area contributed by atoms with Gasteiger partial charge in [0.25, 0.3) is 0 Å². The second-order valence-electron chi connectivity index (χ2n) is 7.77. The summed E-state index contributed by atoms with van der Waals surface area (Å²) in [6.07, 6.45) is 4.01. The lowest BCUT2D eigenvalue weighted by Crippen LogP contribution is -2.34. The summed E-state index contributed by atoms with van der Waals surface area (Å²) in [4.78, 5) is 1.56. The number of hydrogen-bond acceptors (Lipinski definition) is 3. The first-order valence-electron chi connectivity index (χ1n) is 8.96. The average molecular weight is 378 g/mol. The molecule has 0 amide bonds. The molecule has 25 heavy (non-hydrogen) atoms. The molecule has 1 aliphatic heterocycles. The minimum atomic E-state index is -3.48. The first kappa shape index (κ1) is 18.6. The number of rotatable bonds is 3. The molecule has 0 radical (unpaired) electrons. The molecule has 0 saturated carbocycles. The largest absolute Gasteiger partial charge is 0.243 e. The molecule has 0 N–H and O–H groups in total. The molecule has 136 valence electrons. The first-order valence-corrected chi connectivity index (χ1v) is 11.3. The predicted molar refractivity (Wildman–Crippen MR) is 105 cm³/mol. The Hall–Kier alpha value is -1.17. The highest BCUT2D eigenvalue weighted by atomic mass is 32.2. The van der Waals surface area contributed by atoms with Crippen molar-refractivity contribution in [2.45, 2.75) is 62.8 Å². The summed E-state index contributed by atoms with van der Waals surface area (Å²) < 4.78 is 28.4. The maximum absolute atomic E-state index is 13.3. The van der Waals surface area contributed by atoms with Gasteiger partial charge in [0.05, 0.1) is 10.9 Å². The number of thiophene rings is 1. The van der Waals surface area contributed by atoms with Gasteiger partial charge in [-0.15, -0.1) is 11.3 Å². The van der Waals surface area contributed by atoms with E-state index in [0.29, 0.717) is 11.4 Å². The molecule has 5 heteroatoms. The van der Waals surface area contributed by atoms with Gasteiger partial charge in [-0.1, -0.05) is 51.8 Å². The lowest BCUT2D eigenvalue weighted by molar-refractivity contribution is 0.333. The van der Waals surface area contributed by atoms with Gasteiger partial charge in [0.15, 0.2) is 0 Å². The normalized spacial score (nSPS) is 20.4. The zero-order valence-electron chi connectivity index (χ0n) is 15.2. The SMILES string of the molecule is CC(C)(C)c1ccc(S(=O)(=O)N2CCCCC[C@@H]2c2cccs2)cc1. The second kappa shape index (κ2) is 7.22. The molecule has 2 aromatic rings. The predicted octanol–water partition coefficient (Wildman–Crippen LogP) is 5.35. The number of hydrogen-bond donors (Lipinski definition) is 0. The molecule has 1 aromatic carbocycles. The van der Waals surface area contributed by atoms with E-state index in [0.717, 1.165) is 36.1 Å². The molecule has 0 unspecified atom stereocenters. The Labute approximate surface area is 155 Å². The number of benzene rings is 1. The molecular weight excluding hydrogens is 350 g/mol. The smallest absolute Gasteiger partial charge is 0.207 e. The number of sulfonamides is 1. The van der Waals surface area contributed by atoms with Crippen molar-refractivity contribution in [2.75, 3.05) is 6.54 Å². The Kier molecular flexibility index (Phi) is 5.37. The van der Waals surface area contributed by atoms with E-state index in [1.807, 2.05) is 23.6 Å². The molecule has 0 bridgehead atoms. The number of nitrogens with zero attached hydrogens (tertiary/aromatic N) is 1. The van der Waals surface area contributed by atoms with E-state index >= 15 is 0 Å². The topological polar surface area (TPSA) is 37.4 Å². The van der Waals surface area contributed by atoms with Crippen LogP contribution in [0.1, 0.15) is 62.9 Å². The van der Waals surface area contributed by atoms with E-state index in [1.165, 1.54) is 0 Å². The summed E-state index contributed by atoms with van der Waals surface area (Å²) >= 11 is 1.65. The van der Waals surface area contributed by atoms with Crippen LogP contribution in [-0.2, 0) is 15.4 Å². The molecule has 0 spiro atoms. The third kappa shape index (κ3) is 3.99. The van der Waals surface area contributed by atoms with Gasteiger partial charge in [0.1, 0.15) is 0 Å². The Balaban J connectivity index is 1.96. The first-order chi connectivity index (χ1) is 11.8. The highest BCUT2D eigenvalue weighted by Gasteiger charge is 2.34. The maximum Gasteiger partial charge on any atom is 0.243 e. The van der Waals surface area contributed by atoms with Gasteiger partial charge >= 0.3 is 0 Å². The van der Waals surface area contributed by atoms with Crippen LogP contribution in [0, 0.1) is 0 Å². The zero-order chi connectivity index (χ0) is 18.1. The fourth-order valence-electron chi connectivity index (χ4n) is 3.40. The van der Waals surface area contributed by atoms with E-state index in [1.54, 1.807) is 27.8 Å². The molecular formula is C20H27NO2S2. The van der Waals surface area contributed by atoms with Crippen molar-refractivity contribution in [3.05, 3.63) is 52.2 Å². The van der Waals surface area contributed by atoms with Crippen LogP contribution in [0.3, 0.4) is 0 Å². The van der Waals surface area contributed by atoms with Gasteiger partial charge < -0.3 is 0 Å². The summed E-state index contributed by atoms with van der Waals surface area (Å²) in [5, 5.41) is 2.03. The summed E-state index contributed by atoms with van der Waals surface area (Å²) in [6, 6.07) is 11.5. The summed E-state index contributed by atoms with van der Waals surface area (Å²) in [5.74, 6) is 0. The minimum Gasteiger partial charge on any atom is -0.207 e. The minimum absolute atomic E-state index is 0.0183. The fourth-order valence-corrected chi connectivity index (χ4v) is 6.01. The van der Waals surface area contributed by atoms with Gasteiger partial charge in [0.2, 0.25) is 10.0 Å². The highest BCUT2D eigenvalue weighted by Crippen LogP contribution is 2.37. The van der Waals surface area contributed by atoms with Crippen LogP contribution in [0.25, 0.3) is 0 Å². The Bertz CT molecular complexity index is 787. The molecule has 1 aliphatic rings. The highest BCUT2D eigenvalue weighted by molar-refractivity contribution is 7.89. The van der Waals surface area contributed by atoms with Crippen LogP contribution >= 0.6 is 11.3 Å². The molecule has 1 fully saturated rings. The van der Waals surface area contributed by atoms with Crippen molar-refractivity contribution in [3.8, 4) is 0 Å². The van der Waals surface area contributed by atoms with Crippen LogP contribution in [0.15, 0.2) is 46.7 Å². The van der Waals surface area contributed by atoms with Gasteiger partial charge in [-0.3, -0.25) is 0 Å². The van der Waals surface area contributed by atoms with Gasteiger partial charge in [-0.25, -0.2) is 8.42 Å². The van der Waals surface area contributed by atoms with E-state index in [2.05, 4.69) is 26.8 Å². The van der Waals surface area contributed by atoms with Crippen molar-refractivity contribution < 1.29 is 8.42 Å². The van der Waals surface area contributed by atoms with E-state index in [9.17, 15) is 8.42 Å². The van der Waals surface area contributed by atoms with Crippen molar-refractivity contribution in [2.24, 2.45) is 0 Å². The fraction of sp³-hybridized carbons (Fsp3) is 0.500. The van der Waals surface area contributed by atoms with Crippen LogP contribution in [-0.4, -0.2) is 19.3 Å². The zero-order valence-corrected chi connectivity index (χ0v) is 16.9. The molecule has 1 atom stereocenters. The standard InChI is InChI=1S/C20H27NO2S2/c1-20(2,3)16-10-12-17(13-11-16)25(22,23)21-14-6-4-5-8-18(21)19-9-7-15-24-19/h7,9-13,15,18H,4-6,8,14H2,1-3H3/t18-/m1/s1. The Morgan fingerprint density at radius 1 is 1.04 bits per heavy atom. The monoisotopic (exact) mass is 377 g/mol. The Morgan fingerprint density at radius 3 is 2.36 bits per heavy atom. The van der Waals surface area contributed by atoms with Crippen LogP contribution < -0.4 is 0 Å². The molecule has 1 aromatic heterocycles. The van der Waals surface area contributed by atoms with Gasteiger partial charge in [-0.2, -0.15) is 4.31 Å². The lowest BCUT2D eigenvalue weighted by atomic mass is 9.87. The molecule has 2 heterocycles. The van der Waals surface area contributed by atoms with Gasteiger partial charge in [-0.05, 0) is 47.4 Å². The van der Waals surface area contributed by atoms with Crippen molar-refractivity contribution >= 4 is 21.4 Å². The molecule has 1 saturated heterocycles. The van der Waals surface area contributed by atoms with Crippen molar-refractivity contribution in [3.63, 3.8) is 0 Å². The van der Waals surface area contributed by atoms with E-state index in [-0.39, 0.29) is 11.5 Å².